The normalized spacial score (nSPS) is 15.6. The smallest absolute Gasteiger partial charge is 0.271 e. The molecule has 0 aliphatic carbocycles. The fourth-order valence-corrected chi connectivity index (χ4v) is 0.261. The molecule has 0 rings (SSSR count). The average Bonchev–Trinajstić information content (AvgIpc) is 1.83. The van der Waals surface area contributed by atoms with Crippen LogP contribution in [0.2, 0.25) is 0 Å². The van der Waals surface area contributed by atoms with Crippen molar-refractivity contribution >= 4 is 0 Å². The van der Waals surface area contributed by atoms with Crippen molar-refractivity contribution in [3.05, 3.63) is 12.4 Å². The van der Waals surface area contributed by atoms with Gasteiger partial charge < -0.3 is 0 Å². The molecule has 0 aromatic heterocycles. The van der Waals surface area contributed by atoms with Crippen molar-refractivity contribution in [2.24, 2.45) is 0 Å². The minimum Gasteiger partial charge on any atom is -0.271 e. The van der Waals surface area contributed by atoms with Crippen molar-refractivity contribution in [1.82, 2.24) is 0 Å². The van der Waals surface area contributed by atoms with Gasteiger partial charge in [-0.25, -0.2) is 8.78 Å². The van der Waals surface area contributed by atoms with Crippen LogP contribution in [-0.4, -0.2) is 18.6 Å². The van der Waals surface area contributed by atoms with Crippen LogP contribution in [0.5, 0.6) is 0 Å². The lowest BCUT2D eigenvalue weighted by Gasteiger charge is -2.18. The predicted molar refractivity (Wildman–Crippen MR) is 27.2 cm³/mol. The molecule has 0 fully saturated rings. The van der Waals surface area contributed by atoms with E-state index in [1.807, 2.05) is 6.58 Å². The summed E-state index contributed by atoms with van der Waals surface area (Å²) in [5.74, 6) is -2.50. The molecule has 0 N–H and O–H groups in total. The van der Waals surface area contributed by atoms with Gasteiger partial charge in [-0.15, -0.1) is 0 Å². The highest BCUT2D eigenvalue weighted by molar-refractivity contribution is 4.91. The van der Waals surface area contributed by atoms with Gasteiger partial charge in [0.2, 0.25) is 0 Å². The van der Waals surface area contributed by atoms with Gasteiger partial charge in [-0.3, -0.25) is 4.74 Å². The van der Waals surface area contributed by atoms with Crippen LogP contribution in [0.25, 0.3) is 0 Å². The van der Waals surface area contributed by atoms with E-state index in [1.165, 1.54) is 0 Å². The number of hydrogen-bond donors (Lipinski definition) is 0. The molecule has 0 heterocycles. The Balaban J connectivity index is 4.37. The summed E-state index contributed by atoms with van der Waals surface area (Å²) in [7, 11) is 0. The van der Waals surface area contributed by atoms with Gasteiger partial charge in [-0.05, 0) is 0 Å². The number of halogens is 7. The number of alkyl halides is 6. The molecule has 0 aromatic rings. The minimum absolute atomic E-state index is 1.99. The summed E-state index contributed by atoms with van der Waals surface area (Å²) in [6.07, 6.45) is -14.9. The number of ether oxygens (including phenoxy) is 1. The van der Waals surface area contributed by atoms with Crippen LogP contribution in [-0.2, 0) is 4.74 Å². The van der Waals surface area contributed by atoms with E-state index in [-0.39, 0.29) is 0 Å². The molecule has 0 saturated heterocycles. The maximum atomic E-state index is 11.9. The van der Waals surface area contributed by atoms with Gasteiger partial charge in [-0.1, -0.05) is 6.58 Å². The lowest BCUT2D eigenvalue weighted by atomic mass is 10.5. The third-order valence-corrected chi connectivity index (χ3v) is 0.825. The standard InChI is InChI=1S/C5H3F7O/c1-2(6)5(11,12)13-3(7)4(8,9)10/h3H,1H2. The Labute approximate surface area is 67.8 Å². The Morgan fingerprint density at radius 3 is 1.77 bits per heavy atom. The molecule has 1 nitrogen and oxygen atoms in total. The highest BCUT2D eigenvalue weighted by Gasteiger charge is 2.49. The average molecular weight is 212 g/mol. The molecule has 0 radical (unpaired) electrons. The van der Waals surface area contributed by atoms with Gasteiger partial charge in [0, 0.05) is 0 Å². The zero-order valence-corrected chi connectivity index (χ0v) is 5.84. The maximum absolute atomic E-state index is 11.9. The van der Waals surface area contributed by atoms with Crippen LogP contribution in [0.4, 0.5) is 30.7 Å². The maximum Gasteiger partial charge on any atom is 0.445 e. The highest BCUT2D eigenvalue weighted by Crippen LogP contribution is 2.33. The van der Waals surface area contributed by atoms with Crippen molar-refractivity contribution in [1.29, 1.82) is 0 Å². The second-order valence-electron chi connectivity index (χ2n) is 1.90. The van der Waals surface area contributed by atoms with Gasteiger partial charge >= 0.3 is 12.3 Å². The first-order valence-corrected chi connectivity index (χ1v) is 2.68. The molecule has 0 saturated carbocycles. The summed E-state index contributed by atoms with van der Waals surface area (Å²) in [6.45, 7) is 1.99. The van der Waals surface area contributed by atoms with Gasteiger partial charge in [0.15, 0.2) is 5.83 Å². The van der Waals surface area contributed by atoms with E-state index in [0.717, 1.165) is 0 Å². The molecule has 1 atom stereocenters. The molecule has 13 heavy (non-hydrogen) atoms. The fraction of sp³-hybridized carbons (Fsp3) is 0.600. The zero-order chi connectivity index (χ0) is 10.9. The van der Waals surface area contributed by atoms with E-state index in [4.69, 9.17) is 0 Å². The summed E-state index contributed by atoms with van der Waals surface area (Å²) in [4.78, 5) is 0. The SMILES string of the molecule is C=C(F)C(F)(F)OC(F)C(F)(F)F. The van der Waals surface area contributed by atoms with Crippen LogP contribution in [0.3, 0.4) is 0 Å². The molecule has 0 aliphatic rings. The van der Waals surface area contributed by atoms with E-state index in [9.17, 15) is 30.7 Å². The summed E-state index contributed by atoms with van der Waals surface area (Å²) < 4.78 is 83.4. The van der Waals surface area contributed by atoms with E-state index in [1.54, 1.807) is 0 Å². The van der Waals surface area contributed by atoms with Crippen molar-refractivity contribution in [2.45, 2.75) is 18.6 Å². The third-order valence-electron chi connectivity index (χ3n) is 0.825. The Morgan fingerprint density at radius 1 is 1.15 bits per heavy atom. The minimum atomic E-state index is -5.63. The van der Waals surface area contributed by atoms with Crippen molar-refractivity contribution in [3.63, 3.8) is 0 Å². The molecule has 1 unspecified atom stereocenters. The molecular weight excluding hydrogens is 209 g/mol. The van der Waals surface area contributed by atoms with E-state index >= 15 is 0 Å². The Hall–Kier alpha value is -0.790. The van der Waals surface area contributed by atoms with Gasteiger partial charge in [0.1, 0.15) is 0 Å². The van der Waals surface area contributed by atoms with E-state index < -0.39 is 24.5 Å². The van der Waals surface area contributed by atoms with Crippen molar-refractivity contribution in [3.8, 4) is 0 Å². The fourth-order valence-electron chi connectivity index (χ4n) is 0.261. The van der Waals surface area contributed by atoms with Gasteiger partial charge in [0.05, 0.1) is 0 Å². The molecule has 0 amide bonds. The van der Waals surface area contributed by atoms with Crippen molar-refractivity contribution in [2.75, 3.05) is 0 Å². The highest BCUT2D eigenvalue weighted by atomic mass is 19.4. The largest absolute Gasteiger partial charge is 0.445 e. The molecule has 8 heteroatoms. The van der Waals surface area contributed by atoms with Crippen LogP contribution in [0.1, 0.15) is 0 Å². The van der Waals surface area contributed by atoms with Crippen LogP contribution in [0, 0.1) is 0 Å². The number of rotatable bonds is 3. The lowest BCUT2D eigenvalue weighted by Crippen LogP contribution is -2.35. The second-order valence-corrected chi connectivity index (χ2v) is 1.90. The number of hydrogen-bond acceptors (Lipinski definition) is 1. The van der Waals surface area contributed by atoms with Gasteiger partial charge in [-0.2, -0.15) is 22.0 Å². The monoisotopic (exact) mass is 212 g/mol. The molecule has 78 valence electrons. The van der Waals surface area contributed by atoms with Gasteiger partial charge in [0.25, 0.3) is 6.36 Å². The Morgan fingerprint density at radius 2 is 1.54 bits per heavy atom. The van der Waals surface area contributed by atoms with Crippen LogP contribution >= 0.6 is 0 Å². The third kappa shape index (κ3) is 3.62. The summed E-state index contributed by atoms with van der Waals surface area (Å²) in [5.41, 5.74) is 0. The lowest BCUT2D eigenvalue weighted by molar-refractivity contribution is -0.347. The van der Waals surface area contributed by atoms with E-state index in [0.29, 0.717) is 0 Å². The quantitative estimate of drug-likeness (QED) is 0.653. The molecule has 0 aromatic carbocycles. The topological polar surface area (TPSA) is 9.23 Å². The van der Waals surface area contributed by atoms with Crippen LogP contribution < -0.4 is 0 Å². The first-order chi connectivity index (χ1) is 5.57. The van der Waals surface area contributed by atoms with E-state index in [2.05, 4.69) is 4.74 Å². The summed E-state index contributed by atoms with van der Waals surface area (Å²) >= 11 is 0. The Kier molecular flexibility index (Phi) is 3.31. The first kappa shape index (κ1) is 12.2. The summed E-state index contributed by atoms with van der Waals surface area (Å²) in [5, 5.41) is 0. The second kappa shape index (κ2) is 3.52. The molecule has 0 aliphatic heterocycles. The summed E-state index contributed by atoms with van der Waals surface area (Å²) in [6, 6.07) is 0. The molecule has 0 spiro atoms. The predicted octanol–water partition coefficient (Wildman–Crippen LogP) is 2.94. The molecule has 0 bridgehead atoms. The zero-order valence-electron chi connectivity index (χ0n) is 5.84. The van der Waals surface area contributed by atoms with Crippen LogP contribution in [0.15, 0.2) is 12.4 Å². The van der Waals surface area contributed by atoms with Crippen molar-refractivity contribution < 1.29 is 35.5 Å². The Bertz CT molecular complexity index is 196. The molecular formula is C5H3F7O. The first-order valence-electron chi connectivity index (χ1n) is 2.68.